The third-order valence-electron chi connectivity index (χ3n) is 21.2. The van der Waals surface area contributed by atoms with Crippen molar-refractivity contribution in [2.45, 2.75) is 13.8 Å². The van der Waals surface area contributed by atoms with Gasteiger partial charge in [0.05, 0.1) is 11.4 Å². The van der Waals surface area contributed by atoms with E-state index in [1.54, 1.807) is 12.4 Å². The number of aryl methyl sites for hydroxylation is 2. The minimum Gasteiger partial charge on any atom is -0.264 e. The van der Waals surface area contributed by atoms with Crippen LogP contribution in [0.15, 0.2) is 462 Å². The van der Waals surface area contributed by atoms with E-state index < -0.39 is 0 Å². The maximum Gasteiger partial charge on any atom is 0.159 e. The monoisotopic (exact) mass is 1510 g/mol. The maximum atomic E-state index is 5.22. The molecule has 0 aliphatic heterocycles. The molecule has 20 aromatic rings. The van der Waals surface area contributed by atoms with Gasteiger partial charge in [-0.25, -0.2) is 19.9 Å². The summed E-state index contributed by atoms with van der Waals surface area (Å²) in [4.78, 5) is 28.8. The van der Waals surface area contributed by atoms with Crippen molar-refractivity contribution in [3.05, 3.63) is 473 Å². The lowest BCUT2D eigenvalue weighted by Crippen LogP contribution is -1.96. The number of nitrogens with zero attached hydrogens (tertiary/aromatic N) is 6. The second kappa shape index (κ2) is 36.1. The van der Waals surface area contributed by atoms with Crippen LogP contribution in [0.2, 0.25) is 0 Å². The van der Waals surface area contributed by atoms with E-state index in [1.807, 2.05) is 61.2 Å². The van der Waals surface area contributed by atoms with Gasteiger partial charge in [-0.15, -0.1) is 0 Å². The third-order valence-corrected chi connectivity index (χ3v) is 21.2. The number of fused-ring (bicyclic) bond motifs is 2. The van der Waals surface area contributed by atoms with Crippen molar-refractivity contribution in [3.8, 4) is 157 Å². The molecule has 6 nitrogen and oxygen atoms in total. The molecule has 0 radical (unpaired) electrons. The van der Waals surface area contributed by atoms with Crippen LogP contribution in [0.4, 0.5) is 0 Å². The smallest absolute Gasteiger partial charge is 0.159 e. The van der Waals surface area contributed by atoms with Crippen LogP contribution < -0.4 is 0 Å². The van der Waals surface area contributed by atoms with Gasteiger partial charge in [0.2, 0.25) is 0 Å². The van der Waals surface area contributed by atoms with Crippen LogP contribution in [-0.2, 0) is 0 Å². The molecule has 0 unspecified atom stereocenters. The van der Waals surface area contributed by atoms with E-state index in [-0.39, 0.29) is 0 Å². The second-order valence-electron chi connectivity index (χ2n) is 29.1. The van der Waals surface area contributed by atoms with Gasteiger partial charge >= 0.3 is 0 Å². The summed E-state index contributed by atoms with van der Waals surface area (Å²) in [5, 5.41) is 4.96. The average molecular weight is 1510 g/mol. The number of hydrogen-bond donors (Lipinski definition) is 0. The highest BCUT2D eigenvalue weighted by molar-refractivity contribution is 5.98. The highest BCUT2D eigenvalue weighted by atomic mass is 14.9. The van der Waals surface area contributed by atoms with Gasteiger partial charge in [-0.1, -0.05) is 418 Å². The van der Waals surface area contributed by atoms with Gasteiger partial charge in [-0.2, -0.15) is 0 Å². The first kappa shape index (κ1) is 75.2. The summed E-state index contributed by atoms with van der Waals surface area (Å²) in [6.45, 7) is 4.22. The Balaban J connectivity index is 0.000000129. The minimum atomic E-state index is 0.693. The number of rotatable bonds is 14. The van der Waals surface area contributed by atoms with E-state index in [2.05, 4.69) is 412 Å². The van der Waals surface area contributed by atoms with Gasteiger partial charge in [0, 0.05) is 70.6 Å². The van der Waals surface area contributed by atoms with Gasteiger partial charge < -0.3 is 0 Å². The van der Waals surface area contributed by atoms with Crippen molar-refractivity contribution in [3.63, 3.8) is 0 Å². The fourth-order valence-electron chi connectivity index (χ4n) is 15.0. The van der Waals surface area contributed by atoms with Gasteiger partial charge in [-0.3, -0.25) is 9.97 Å². The number of hydrogen-bond acceptors (Lipinski definition) is 6. The second-order valence-corrected chi connectivity index (χ2v) is 29.1. The zero-order chi connectivity index (χ0) is 79.6. The van der Waals surface area contributed by atoms with Crippen LogP contribution in [0, 0.1) is 13.8 Å². The summed E-state index contributed by atoms with van der Waals surface area (Å²) in [5.41, 5.74) is 31.6. The first-order valence-electron chi connectivity index (χ1n) is 39.8. The normalized spacial score (nSPS) is 10.8. The average Bonchev–Trinajstić information content (AvgIpc) is 0.792. The minimum absolute atomic E-state index is 0.693. The fourth-order valence-corrected chi connectivity index (χ4v) is 15.0. The molecule has 0 fully saturated rings. The SMILES string of the molecule is Cc1ccc(-c2ccccc2)cc1.Cc1cccc(-c2ccccc2)c1.c1ccc(-c2ccc(-c3cnc(-c4ccc(-c5cccc6ccccc56)cc4)nc3-c3ccc(-c4cccnc4)cc3)cc2)cc1.c1ccc(-c2cccc(-c3cnc(-c4ccc(-c5cccc6ccccc56)cc4)nc3-c3ccc(-c4cccnc4)cc3)c2)cc1. The first-order valence-corrected chi connectivity index (χ1v) is 39.8. The topological polar surface area (TPSA) is 77.3 Å². The molecule has 0 N–H and O–H groups in total. The highest BCUT2D eigenvalue weighted by Crippen LogP contribution is 2.40. The Morgan fingerprint density at radius 1 is 0.169 bits per heavy atom. The lowest BCUT2D eigenvalue weighted by molar-refractivity contribution is 1.18. The molecule has 0 spiro atoms. The summed E-state index contributed by atoms with van der Waals surface area (Å²) in [6, 6.07) is 148. The van der Waals surface area contributed by atoms with Crippen molar-refractivity contribution < 1.29 is 0 Å². The zero-order valence-corrected chi connectivity index (χ0v) is 65.6. The number of aromatic nitrogens is 6. The molecule has 0 saturated carbocycles. The molecule has 0 amide bonds. The third kappa shape index (κ3) is 17.8. The highest BCUT2D eigenvalue weighted by Gasteiger charge is 2.18. The van der Waals surface area contributed by atoms with Gasteiger partial charge in [0.1, 0.15) is 0 Å². The maximum absolute atomic E-state index is 5.22. The molecule has 560 valence electrons. The molecule has 20 rings (SSSR count). The molecule has 118 heavy (non-hydrogen) atoms. The standard InChI is InChI=1S/2C43H29N3.2C13H12/c1-2-9-30(10-3-1)36-13-6-14-37(27-36)41-29-45-43(46-42(41)34-22-18-31(19-23-34)38-15-8-26-44-28-38)35-24-20-33(21-25-35)40-17-7-12-32-11-4-5-16-39(32)40;1-2-8-30(9-3-1)31-15-19-35(20-16-31)41-29-45-43(46-42(41)36-23-17-32(18-24-36)38-12-7-27-44-28-38)37-25-21-34(22-26-37)40-14-6-11-33-10-4-5-13-39(33)40;1-11-6-5-9-13(10-11)12-7-3-2-4-8-12;1-11-7-9-13(10-8-11)12-5-3-2-4-6-12/h2*1-29H;2*2-10H,1H3. The van der Waals surface area contributed by atoms with E-state index in [0.717, 1.165) is 83.7 Å². The molecule has 4 heterocycles. The molecule has 16 aromatic carbocycles. The Labute approximate surface area is 690 Å². The van der Waals surface area contributed by atoms with Crippen molar-refractivity contribution in [1.29, 1.82) is 0 Å². The van der Waals surface area contributed by atoms with Gasteiger partial charge in [0.25, 0.3) is 0 Å². The Hall–Kier alpha value is -15.5. The van der Waals surface area contributed by atoms with Crippen molar-refractivity contribution in [2.75, 3.05) is 0 Å². The molecule has 0 aliphatic rings. The van der Waals surface area contributed by atoms with E-state index in [1.165, 1.54) is 93.9 Å². The van der Waals surface area contributed by atoms with Crippen LogP contribution in [-0.4, -0.2) is 29.9 Å². The summed E-state index contributed by atoms with van der Waals surface area (Å²) in [7, 11) is 0. The summed E-state index contributed by atoms with van der Waals surface area (Å²) >= 11 is 0. The fraction of sp³-hybridized carbons (Fsp3) is 0.0179. The number of pyridine rings is 2. The number of benzene rings is 16. The molecule has 4 aromatic heterocycles. The van der Waals surface area contributed by atoms with Crippen LogP contribution in [0.5, 0.6) is 0 Å². The summed E-state index contributed by atoms with van der Waals surface area (Å²) < 4.78 is 0. The van der Waals surface area contributed by atoms with Crippen molar-refractivity contribution in [2.24, 2.45) is 0 Å². The van der Waals surface area contributed by atoms with Crippen LogP contribution in [0.1, 0.15) is 11.1 Å². The van der Waals surface area contributed by atoms with E-state index in [0.29, 0.717) is 11.6 Å². The largest absolute Gasteiger partial charge is 0.264 e. The van der Waals surface area contributed by atoms with E-state index in [9.17, 15) is 0 Å². The predicted molar refractivity (Wildman–Crippen MR) is 493 cm³/mol. The molecule has 0 aliphatic carbocycles. The molecule has 0 saturated heterocycles. The molecule has 0 bridgehead atoms. The first-order chi connectivity index (χ1) is 58.3. The predicted octanol–water partition coefficient (Wildman–Crippen LogP) is 29.4. The molecular formula is C112H82N6. The molecule has 6 heteroatoms. The Bertz CT molecular complexity index is 6700. The lowest BCUT2D eigenvalue weighted by Gasteiger charge is -2.13. The van der Waals surface area contributed by atoms with Gasteiger partial charge in [0.15, 0.2) is 11.6 Å². The summed E-state index contributed by atoms with van der Waals surface area (Å²) in [6.07, 6.45) is 11.3. The lowest BCUT2D eigenvalue weighted by atomic mass is 9.95. The van der Waals surface area contributed by atoms with Crippen molar-refractivity contribution in [1.82, 2.24) is 29.9 Å². The van der Waals surface area contributed by atoms with Crippen molar-refractivity contribution >= 4 is 21.5 Å². The molecular weight excluding hydrogens is 1430 g/mol. The van der Waals surface area contributed by atoms with Crippen LogP contribution in [0.3, 0.4) is 0 Å². The Morgan fingerprint density at radius 2 is 0.458 bits per heavy atom. The molecule has 0 atom stereocenters. The summed E-state index contributed by atoms with van der Waals surface area (Å²) in [5.74, 6) is 1.39. The quantitative estimate of drug-likeness (QED) is 0.108. The Morgan fingerprint density at radius 3 is 0.873 bits per heavy atom. The Kier molecular flexibility index (Phi) is 23.0. The zero-order valence-electron chi connectivity index (χ0n) is 65.6. The van der Waals surface area contributed by atoms with E-state index >= 15 is 0 Å². The van der Waals surface area contributed by atoms with Gasteiger partial charge in [-0.05, 0) is 154 Å². The van der Waals surface area contributed by atoms with Crippen LogP contribution in [0.25, 0.3) is 178 Å². The van der Waals surface area contributed by atoms with Crippen LogP contribution >= 0.6 is 0 Å². The van der Waals surface area contributed by atoms with E-state index in [4.69, 9.17) is 19.9 Å².